The largest absolute Gasteiger partial charge is 0.464 e. The minimum atomic E-state index is -0.669. The molecule has 0 bridgehead atoms. The Hall–Kier alpha value is -3.59. The zero-order chi connectivity index (χ0) is 25.5. The van der Waals surface area contributed by atoms with Crippen LogP contribution in [0.5, 0.6) is 0 Å². The quantitative estimate of drug-likeness (QED) is 0.234. The lowest BCUT2D eigenvalue weighted by Gasteiger charge is -2.31. The zero-order valence-corrected chi connectivity index (χ0v) is 20.7. The molecule has 10 heteroatoms. The third kappa shape index (κ3) is 4.55. The SMILES string of the molecule is Cc1ccc([C@H](Nc2c(Nc3ccc(Cl)c4c3C(=O)N(CCNC=O)C4)c(=O)c2=O)C(C)(C)C)o1. The first-order chi connectivity index (χ1) is 16.5. The van der Waals surface area contributed by atoms with Gasteiger partial charge in [-0.2, -0.15) is 0 Å². The summed E-state index contributed by atoms with van der Waals surface area (Å²) in [7, 11) is 0. The number of furan rings is 1. The van der Waals surface area contributed by atoms with Gasteiger partial charge in [-0.15, -0.1) is 0 Å². The van der Waals surface area contributed by atoms with Crippen LogP contribution in [0.4, 0.5) is 17.1 Å². The highest BCUT2D eigenvalue weighted by molar-refractivity contribution is 6.32. The van der Waals surface area contributed by atoms with Crippen molar-refractivity contribution in [1.82, 2.24) is 10.2 Å². The maximum absolute atomic E-state index is 13.1. The second-order valence-corrected chi connectivity index (χ2v) is 10.1. The van der Waals surface area contributed by atoms with Crippen LogP contribution in [0.15, 0.2) is 38.3 Å². The van der Waals surface area contributed by atoms with Crippen molar-refractivity contribution < 1.29 is 14.0 Å². The highest BCUT2D eigenvalue weighted by Crippen LogP contribution is 2.39. The molecule has 2 amide bonds. The lowest BCUT2D eigenvalue weighted by molar-refractivity contribution is -0.109. The van der Waals surface area contributed by atoms with E-state index in [4.69, 9.17) is 16.0 Å². The van der Waals surface area contributed by atoms with Crippen LogP contribution in [0.1, 0.15) is 54.3 Å². The molecule has 3 aromatic rings. The number of nitrogens with zero attached hydrogens (tertiary/aromatic N) is 1. The summed E-state index contributed by atoms with van der Waals surface area (Å²) < 4.78 is 5.80. The number of hydrogen-bond acceptors (Lipinski definition) is 7. The summed E-state index contributed by atoms with van der Waals surface area (Å²) in [5.41, 5.74) is -0.0566. The van der Waals surface area contributed by atoms with Gasteiger partial charge >= 0.3 is 0 Å². The molecule has 0 unspecified atom stereocenters. The van der Waals surface area contributed by atoms with Crippen LogP contribution in [0.2, 0.25) is 5.02 Å². The molecule has 1 aliphatic rings. The maximum atomic E-state index is 13.1. The molecule has 0 saturated carbocycles. The minimum Gasteiger partial charge on any atom is -0.464 e. The van der Waals surface area contributed by atoms with E-state index in [0.717, 1.165) is 5.76 Å². The van der Waals surface area contributed by atoms with Crippen LogP contribution in [-0.4, -0.2) is 30.3 Å². The number of nitrogens with one attached hydrogen (secondary N) is 3. The predicted octanol–water partition coefficient (Wildman–Crippen LogP) is 3.48. The van der Waals surface area contributed by atoms with E-state index < -0.39 is 10.9 Å². The van der Waals surface area contributed by atoms with Gasteiger partial charge in [0.15, 0.2) is 0 Å². The average Bonchev–Trinajstić information content (AvgIpc) is 3.37. The molecule has 9 nitrogen and oxygen atoms in total. The molecule has 184 valence electrons. The van der Waals surface area contributed by atoms with Crippen LogP contribution < -0.4 is 26.8 Å². The number of carbonyl (C=O) groups is 2. The van der Waals surface area contributed by atoms with E-state index in [1.807, 2.05) is 39.8 Å². The van der Waals surface area contributed by atoms with Crippen molar-refractivity contribution in [2.75, 3.05) is 23.7 Å². The summed E-state index contributed by atoms with van der Waals surface area (Å²) in [6.45, 7) is 8.73. The van der Waals surface area contributed by atoms with E-state index in [2.05, 4.69) is 16.0 Å². The first kappa shape index (κ1) is 24.5. The summed E-state index contributed by atoms with van der Waals surface area (Å²) in [4.78, 5) is 50.3. The smallest absolute Gasteiger partial charge is 0.256 e. The summed E-state index contributed by atoms with van der Waals surface area (Å²) in [6, 6.07) is 6.57. The molecule has 1 aliphatic heterocycles. The number of hydrogen-bond donors (Lipinski definition) is 3. The number of amides is 2. The van der Waals surface area contributed by atoms with Crippen LogP contribution in [0.3, 0.4) is 0 Å². The average molecular weight is 499 g/mol. The van der Waals surface area contributed by atoms with Gasteiger partial charge in [0.25, 0.3) is 16.8 Å². The van der Waals surface area contributed by atoms with Gasteiger partial charge < -0.3 is 25.3 Å². The Balaban J connectivity index is 1.65. The van der Waals surface area contributed by atoms with Gasteiger partial charge in [-0.25, -0.2) is 0 Å². The molecular weight excluding hydrogens is 472 g/mol. The lowest BCUT2D eigenvalue weighted by atomic mass is 9.85. The second-order valence-electron chi connectivity index (χ2n) is 9.67. The van der Waals surface area contributed by atoms with E-state index in [0.29, 0.717) is 47.1 Å². The number of rotatable bonds is 9. The van der Waals surface area contributed by atoms with Crippen molar-refractivity contribution in [3.63, 3.8) is 0 Å². The molecule has 0 spiro atoms. The van der Waals surface area contributed by atoms with Gasteiger partial charge in [0.2, 0.25) is 6.41 Å². The molecule has 2 heterocycles. The third-order valence-corrected chi connectivity index (χ3v) is 6.44. The van der Waals surface area contributed by atoms with Crippen molar-refractivity contribution in [1.29, 1.82) is 0 Å². The van der Waals surface area contributed by atoms with Gasteiger partial charge in [0.05, 0.1) is 17.3 Å². The van der Waals surface area contributed by atoms with Gasteiger partial charge in [0, 0.05) is 30.2 Å². The van der Waals surface area contributed by atoms with E-state index in [-0.39, 0.29) is 35.3 Å². The summed E-state index contributed by atoms with van der Waals surface area (Å²) in [6.07, 6.45) is 0.572. The van der Waals surface area contributed by atoms with E-state index in [1.165, 1.54) is 0 Å². The molecule has 0 aliphatic carbocycles. The highest BCUT2D eigenvalue weighted by Gasteiger charge is 2.35. The van der Waals surface area contributed by atoms with Crippen LogP contribution in [0, 0.1) is 12.3 Å². The monoisotopic (exact) mass is 498 g/mol. The molecule has 35 heavy (non-hydrogen) atoms. The summed E-state index contributed by atoms with van der Waals surface area (Å²) in [5.74, 6) is 1.11. The molecule has 4 rings (SSSR count). The van der Waals surface area contributed by atoms with Gasteiger partial charge in [-0.1, -0.05) is 32.4 Å². The Morgan fingerprint density at radius 3 is 2.46 bits per heavy atom. The van der Waals surface area contributed by atoms with Crippen LogP contribution in [-0.2, 0) is 11.3 Å². The third-order valence-electron chi connectivity index (χ3n) is 6.09. The Bertz CT molecular complexity index is 1360. The van der Waals surface area contributed by atoms with Gasteiger partial charge in [0.1, 0.15) is 22.9 Å². The molecule has 0 fully saturated rings. The topological polar surface area (TPSA) is 121 Å². The fourth-order valence-corrected chi connectivity index (χ4v) is 4.45. The molecule has 2 aromatic carbocycles. The molecule has 0 radical (unpaired) electrons. The highest BCUT2D eigenvalue weighted by atomic mass is 35.5. The van der Waals surface area contributed by atoms with E-state index >= 15 is 0 Å². The second kappa shape index (κ2) is 9.22. The Labute approximate surface area is 207 Å². The Morgan fingerprint density at radius 1 is 1.11 bits per heavy atom. The molecule has 0 saturated heterocycles. The minimum absolute atomic E-state index is 0.0888. The number of anilines is 3. The molecule has 1 aromatic heterocycles. The van der Waals surface area contributed by atoms with Gasteiger partial charge in [-0.05, 0) is 36.6 Å². The summed E-state index contributed by atoms with van der Waals surface area (Å²) in [5, 5.41) is 9.16. The number of fused-ring (bicyclic) bond motifs is 1. The van der Waals surface area contributed by atoms with E-state index in [9.17, 15) is 19.2 Å². The van der Waals surface area contributed by atoms with Crippen LogP contribution in [0.25, 0.3) is 0 Å². The molecular formula is C25H27ClN4O5. The normalized spacial score (nSPS) is 14.2. The van der Waals surface area contributed by atoms with Crippen molar-refractivity contribution in [3.05, 3.63) is 72.4 Å². The molecule has 3 N–H and O–H groups in total. The summed E-state index contributed by atoms with van der Waals surface area (Å²) >= 11 is 6.35. The lowest BCUT2D eigenvalue weighted by Crippen LogP contribution is -2.39. The number of halogens is 1. The maximum Gasteiger partial charge on any atom is 0.256 e. The van der Waals surface area contributed by atoms with Crippen molar-refractivity contribution >= 4 is 41.0 Å². The predicted molar refractivity (Wildman–Crippen MR) is 134 cm³/mol. The number of aryl methyl sites for hydroxylation is 1. The molecule has 1 atom stereocenters. The van der Waals surface area contributed by atoms with Crippen LogP contribution >= 0.6 is 11.6 Å². The number of carbonyl (C=O) groups excluding carboxylic acids is 2. The van der Waals surface area contributed by atoms with Crippen molar-refractivity contribution in [2.45, 2.75) is 40.3 Å². The van der Waals surface area contributed by atoms with Gasteiger partial charge in [-0.3, -0.25) is 19.2 Å². The first-order valence-electron chi connectivity index (χ1n) is 11.2. The fourth-order valence-electron chi connectivity index (χ4n) is 4.24. The Kier molecular flexibility index (Phi) is 6.46. The van der Waals surface area contributed by atoms with Crippen molar-refractivity contribution in [3.8, 4) is 0 Å². The van der Waals surface area contributed by atoms with E-state index in [1.54, 1.807) is 17.0 Å². The van der Waals surface area contributed by atoms with Crippen molar-refractivity contribution in [2.24, 2.45) is 5.41 Å². The standard InChI is InChI=1S/C25H27ClN4O5/c1-13-5-8-17(35-13)23(25(2,3)4)29-20-19(21(32)22(20)33)28-16-7-6-15(26)14-11-30(10-9-27-12-31)24(34)18(14)16/h5-8,12,23,28-29H,9-11H2,1-4H3,(H,27,31)/t23-/m0/s1. The first-order valence-corrected chi connectivity index (χ1v) is 11.6. The number of benzene rings is 1. The fraction of sp³-hybridized carbons (Fsp3) is 0.360. The zero-order valence-electron chi connectivity index (χ0n) is 20.0. The Morgan fingerprint density at radius 2 is 1.83 bits per heavy atom.